The zero-order chi connectivity index (χ0) is 14.7. The second kappa shape index (κ2) is 5.85. The lowest BCUT2D eigenvalue weighted by molar-refractivity contribution is 0.102. The Hall–Kier alpha value is -2.53. The lowest BCUT2D eigenvalue weighted by atomic mass is 10.1. The quantitative estimate of drug-likeness (QED) is 0.800. The van der Waals surface area contributed by atoms with E-state index in [2.05, 4.69) is 15.3 Å². The summed E-state index contributed by atoms with van der Waals surface area (Å²) in [6.07, 6.45) is 3.44. The third-order valence-electron chi connectivity index (χ3n) is 3.09. The van der Waals surface area contributed by atoms with Crippen LogP contribution in [0, 0.1) is 6.92 Å². The van der Waals surface area contributed by atoms with E-state index in [4.69, 9.17) is 0 Å². The highest BCUT2D eigenvalue weighted by Crippen LogP contribution is 2.24. The number of nitrogens with one attached hydrogen (secondary N) is 1. The Bertz CT molecular complexity index is 768. The third kappa shape index (κ3) is 2.98. The molecule has 21 heavy (non-hydrogen) atoms. The van der Waals surface area contributed by atoms with Gasteiger partial charge in [-0.05, 0) is 30.7 Å². The van der Waals surface area contributed by atoms with Crippen LogP contribution in [0.3, 0.4) is 0 Å². The van der Waals surface area contributed by atoms with Crippen molar-refractivity contribution in [3.63, 3.8) is 0 Å². The van der Waals surface area contributed by atoms with Crippen molar-refractivity contribution in [1.29, 1.82) is 0 Å². The molecule has 1 amide bonds. The van der Waals surface area contributed by atoms with E-state index in [-0.39, 0.29) is 5.91 Å². The summed E-state index contributed by atoms with van der Waals surface area (Å²) in [6, 6.07) is 11.3. The van der Waals surface area contributed by atoms with Gasteiger partial charge in [0.05, 0.1) is 5.69 Å². The molecular formula is C16H13N3OS. The number of nitrogens with zero attached hydrogens (tertiary/aromatic N) is 2. The Morgan fingerprint density at radius 1 is 1.14 bits per heavy atom. The number of benzene rings is 1. The first-order valence-electron chi connectivity index (χ1n) is 6.47. The molecule has 1 N–H and O–H groups in total. The lowest BCUT2D eigenvalue weighted by Crippen LogP contribution is -2.12. The number of rotatable bonds is 3. The number of hydrogen-bond acceptors (Lipinski definition) is 4. The van der Waals surface area contributed by atoms with Crippen LogP contribution in [0.25, 0.3) is 11.3 Å². The van der Waals surface area contributed by atoms with Crippen molar-refractivity contribution in [2.45, 2.75) is 6.92 Å². The van der Waals surface area contributed by atoms with Crippen LogP contribution in [0.4, 0.5) is 5.13 Å². The number of aryl methyl sites for hydroxylation is 1. The van der Waals surface area contributed by atoms with E-state index < -0.39 is 0 Å². The van der Waals surface area contributed by atoms with Crippen molar-refractivity contribution in [2.24, 2.45) is 0 Å². The molecule has 0 saturated heterocycles. The Kier molecular flexibility index (Phi) is 3.75. The maximum absolute atomic E-state index is 12.2. The van der Waals surface area contributed by atoms with Crippen LogP contribution in [0.2, 0.25) is 0 Å². The molecule has 5 heteroatoms. The summed E-state index contributed by atoms with van der Waals surface area (Å²) in [6.45, 7) is 1.92. The Morgan fingerprint density at radius 2 is 1.90 bits per heavy atom. The SMILES string of the molecule is Cc1ccccc1C(=O)Nc1nc(-c2ccncc2)cs1. The molecule has 3 rings (SSSR count). The van der Waals surface area contributed by atoms with Gasteiger partial charge in [0.25, 0.3) is 5.91 Å². The summed E-state index contributed by atoms with van der Waals surface area (Å²) in [5.41, 5.74) is 3.43. The standard InChI is InChI=1S/C16H13N3OS/c1-11-4-2-3-5-13(11)15(20)19-16-18-14(10-21-16)12-6-8-17-9-7-12/h2-10H,1H3,(H,18,19,20). The van der Waals surface area contributed by atoms with E-state index in [9.17, 15) is 4.79 Å². The van der Waals surface area contributed by atoms with E-state index >= 15 is 0 Å². The van der Waals surface area contributed by atoms with E-state index in [0.29, 0.717) is 10.7 Å². The molecule has 0 unspecified atom stereocenters. The second-order valence-corrected chi connectivity index (χ2v) is 5.40. The first kappa shape index (κ1) is 13.5. The normalized spacial score (nSPS) is 10.3. The number of carbonyl (C=O) groups is 1. The van der Waals surface area contributed by atoms with Gasteiger partial charge in [0, 0.05) is 28.9 Å². The first-order chi connectivity index (χ1) is 10.2. The lowest BCUT2D eigenvalue weighted by Gasteiger charge is -2.04. The topological polar surface area (TPSA) is 54.9 Å². The summed E-state index contributed by atoms with van der Waals surface area (Å²) in [7, 11) is 0. The van der Waals surface area contributed by atoms with Crippen LogP contribution in [0.5, 0.6) is 0 Å². The monoisotopic (exact) mass is 295 g/mol. The average molecular weight is 295 g/mol. The number of pyridine rings is 1. The van der Waals surface area contributed by atoms with Crippen molar-refractivity contribution >= 4 is 22.4 Å². The number of anilines is 1. The van der Waals surface area contributed by atoms with E-state index in [0.717, 1.165) is 16.8 Å². The number of aromatic nitrogens is 2. The van der Waals surface area contributed by atoms with Crippen molar-refractivity contribution < 1.29 is 4.79 Å². The minimum Gasteiger partial charge on any atom is -0.298 e. The van der Waals surface area contributed by atoms with Gasteiger partial charge in [-0.2, -0.15) is 0 Å². The van der Waals surface area contributed by atoms with Crippen molar-refractivity contribution in [1.82, 2.24) is 9.97 Å². The molecule has 0 aliphatic heterocycles. The molecule has 0 radical (unpaired) electrons. The highest BCUT2D eigenvalue weighted by atomic mass is 32.1. The van der Waals surface area contributed by atoms with E-state index in [1.54, 1.807) is 12.4 Å². The van der Waals surface area contributed by atoms with Crippen molar-refractivity contribution in [2.75, 3.05) is 5.32 Å². The van der Waals surface area contributed by atoms with E-state index in [1.807, 2.05) is 48.7 Å². The second-order valence-electron chi connectivity index (χ2n) is 4.54. The van der Waals surface area contributed by atoms with Crippen LogP contribution in [-0.4, -0.2) is 15.9 Å². The van der Waals surface area contributed by atoms with Gasteiger partial charge >= 0.3 is 0 Å². The van der Waals surface area contributed by atoms with Crippen LogP contribution in [0.15, 0.2) is 54.2 Å². The van der Waals surface area contributed by atoms with Crippen LogP contribution in [0.1, 0.15) is 15.9 Å². The average Bonchev–Trinajstić information content (AvgIpc) is 2.97. The zero-order valence-electron chi connectivity index (χ0n) is 11.4. The predicted octanol–water partition coefficient (Wildman–Crippen LogP) is 3.77. The largest absolute Gasteiger partial charge is 0.298 e. The molecule has 3 aromatic rings. The van der Waals surface area contributed by atoms with Gasteiger partial charge in [0.1, 0.15) is 0 Å². The smallest absolute Gasteiger partial charge is 0.257 e. The number of amides is 1. The maximum Gasteiger partial charge on any atom is 0.257 e. The molecule has 0 saturated carbocycles. The fourth-order valence-corrected chi connectivity index (χ4v) is 2.69. The molecule has 104 valence electrons. The summed E-state index contributed by atoms with van der Waals surface area (Å²) in [5.74, 6) is -0.135. The van der Waals surface area contributed by atoms with Gasteiger partial charge in [-0.15, -0.1) is 11.3 Å². The summed E-state index contributed by atoms with van der Waals surface area (Å²) in [4.78, 5) is 20.6. The fourth-order valence-electron chi connectivity index (χ4n) is 1.98. The molecule has 1 aromatic carbocycles. The zero-order valence-corrected chi connectivity index (χ0v) is 12.2. The Labute approximate surface area is 126 Å². The van der Waals surface area contributed by atoms with Gasteiger partial charge in [0.15, 0.2) is 5.13 Å². The minimum absolute atomic E-state index is 0.135. The maximum atomic E-state index is 12.2. The molecule has 0 fully saturated rings. The molecule has 0 atom stereocenters. The summed E-state index contributed by atoms with van der Waals surface area (Å²) < 4.78 is 0. The van der Waals surface area contributed by atoms with Crippen molar-refractivity contribution in [3.8, 4) is 11.3 Å². The van der Waals surface area contributed by atoms with Gasteiger partial charge in [-0.25, -0.2) is 4.98 Å². The third-order valence-corrected chi connectivity index (χ3v) is 3.85. The van der Waals surface area contributed by atoms with Crippen LogP contribution >= 0.6 is 11.3 Å². The van der Waals surface area contributed by atoms with Gasteiger partial charge < -0.3 is 0 Å². The molecule has 0 aliphatic carbocycles. The highest BCUT2D eigenvalue weighted by molar-refractivity contribution is 7.14. The number of thiazole rings is 1. The minimum atomic E-state index is -0.135. The predicted molar refractivity (Wildman–Crippen MR) is 84.5 cm³/mol. The summed E-state index contributed by atoms with van der Waals surface area (Å²) >= 11 is 1.41. The van der Waals surface area contributed by atoms with Gasteiger partial charge in [-0.1, -0.05) is 18.2 Å². The van der Waals surface area contributed by atoms with Gasteiger partial charge in [0.2, 0.25) is 0 Å². The molecule has 0 aliphatic rings. The molecule has 0 bridgehead atoms. The molecule has 0 spiro atoms. The fraction of sp³-hybridized carbons (Fsp3) is 0.0625. The number of hydrogen-bond donors (Lipinski definition) is 1. The van der Waals surface area contributed by atoms with Crippen LogP contribution in [-0.2, 0) is 0 Å². The van der Waals surface area contributed by atoms with Crippen LogP contribution < -0.4 is 5.32 Å². The number of carbonyl (C=O) groups excluding carboxylic acids is 1. The van der Waals surface area contributed by atoms with E-state index in [1.165, 1.54) is 11.3 Å². The highest BCUT2D eigenvalue weighted by Gasteiger charge is 2.11. The summed E-state index contributed by atoms with van der Waals surface area (Å²) in [5, 5.41) is 5.35. The molecular weight excluding hydrogens is 282 g/mol. The Morgan fingerprint density at radius 3 is 2.67 bits per heavy atom. The van der Waals surface area contributed by atoms with Crippen molar-refractivity contribution in [3.05, 3.63) is 65.3 Å². The molecule has 2 aromatic heterocycles. The first-order valence-corrected chi connectivity index (χ1v) is 7.35. The molecule has 2 heterocycles. The van der Waals surface area contributed by atoms with Gasteiger partial charge in [-0.3, -0.25) is 15.1 Å². The Balaban J connectivity index is 1.79. The molecule has 4 nitrogen and oxygen atoms in total.